The molecule has 2 nitrogen and oxygen atoms in total. The zero-order chi connectivity index (χ0) is 14.0. The van der Waals surface area contributed by atoms with Crippen molar-refractivity contribution in [2.24, 2.45) is 0 Å². The molecule has 0 aromatic heterocycles. The van der Waals surface area contributed by atoms with Gasteiger partial charge in [0.2, 0.25) is 5.91 Å². The average Bonchev–Trinajstić information content (AvgIpc) is 2.41. The van der Waals surface area contributed by atoms with Crippen molar-refractivity contribution in [3.8, 4) is 0 Å². The van der Waals surface area contributed by atoms with Crippen molar-refractivity contribution < 1.29 is 9.18 Å². The smallest absolute Gasteiger partial charge is 0.235 e. The second kappa shape index (κ2) is 5.08. The number of halogens is 1. The van der Waals surface area contributed by atoms with E-state index in [1.54, 1.807) is 18.2 Å². The molecule has 0 unspecified atom stereocenters. The molecule has 0 saturated heterocycles. The Balaban J connectivity index is 1.90. The van der Waals surface area contributed by atoms with Crippen molar-refractivity contribution >= 4 is 11.6 Å². The molecule has 1 amide bonds. The van der Waals surface area contributed by atoms with E-state index in [1.807, 2.05) is 30.3 Å². The zero-order valence-electron chi connectivity index (χ0n) is 11.1. The summed E-state index contributed by atoms with van der Waals surface area (Å²) >= 11 is 0. The molecular weight excluding hydrogens is 253 g/mol. The molecule has 0 aliphatic heterocycles. The number of rotatable bonds is 3. The molecule has 0 radical (unpaired) electrons. The lowest BCUT2D eigenvalue weighted by atomic mass is 9.63. The van der Waals surface area contributed by atoms with E-state index in [9.17, 15) is 9.18 Å². The standard InChI is InChI=1S/C17H16FNO/c18-15-10-5-4-9-14(15)17(11-6-12-17)16(20)19-13-7-2-1-3-8-13/h1-5,7-10H,6,11-12H2,(H,19,20). The van der Waals surface area contributed by atoms with Gasteiger partial charge in [0.1, 0.15) is 5.82 Å². The van der Waals surface area contributed by atoms with E-state index in [0.717, 1.165) is 12.1 Å². The Morgan fingerprint density at radius 3 is 2.25 bits per heavy atom. The van der Waals surface area contributed by atoms with Crippen LogP contribution in [0.15, 0.2) is 54.6 Å². The topological polar surface area (TPSA) is 29.1 Å². The Labute approximate surface area is 117 Å². The van der Waals surface area contributed by atoms with Crippen molar-refractivity contribution in [1.29, 1.82) is 0 Å². The molecule has 0 atom stereocenters. The SMILES string of the molecule is O=C(Nc1ccccc1)C1(c2ccccc2F)CCC1. The van der Waals surface area contributed by atoms with E-state index in [2.05, 4.69) is 5.32 Å². The number of carbonyl (C=O) groups is 1. The fraction of sp³-hybridized carbons (Fsp3) is 0.235. The number of para-hydroxylation sites is 1. The summed E-state index contributed by atoms with van der Waals surface area (Å²) in [6, 6.07) is 15.9. The molecule has 0 bridgehead atoms. The minimum atomic E-state index is -0.707. The van der Waals surface area contributed by atoms with Crippen molar-refractivity contribution in [1.82, 2.24) is 0 Å². The second-order valence-corrected chi connectivity index (χ2v) is 5.24. The van der Waals surface area contributed by atoms with Crippen LogP contribution in [0.4, 0.5) is 10.1 Å². The molecule has 3 rings (SSSR count). The highest BCUT2D eigenvalue weighted by Gasteiger charge is 2.47. The van der Waals surface area contributed by atoms with Gasteiger partial charge in [0.05, 0.1) is 5.41 Å². The van der Waals surface area contributed by atoms with Crippen LogP contribution >= 0.6 is 0 Å². The third-order valence-corrected chi connectivity index (χ3v) is 4.06. The van der Waals surface area contributed by atoms with Crippen LogP contribution in [0.5, 0.6) is 0 Å². The second-order valence-electron chi connectivity index (χ2n) is 5.24. The Kier molecular flexibility index (Phi) is 3.26. The fourth-order valence-electron chi connectivity index (χ4n) is 2.77. The first kappa shape index (κ1) is 12.9. The third-order valence-electron chi connectivity index (χ3n) is 4.06. The monoisotopic (exact) mass is 269 g/mol. The molecule has 1 N–H and O–H groups in total. The van der Waals surface area contributed by atoms with E-state index in [4.69, 9.17) is 0 Å². The van der Waals surface area contributed by atoms with Crippen LogP contribution in [-0.4, -0.2) is 5.91 Å². The summed E-state index contributed by atoms with van der Waals surface area (Å²) < 4.78 is 14.0. The molecule has 1 saturated carbocycles. The molecule has 3 heteroatoms. The Hall–Kier alpha value is -2.16. The van der Waals surface area contributed by atoms with Crippen LogP contribution < -0.4 is 5.32 Å². The van der Waals surface area contributed by atoms with Crippen LogP contribution in [0, 0.1) is 5.82 Å². The summed E-state index contributed by atoms with van der Waals surface area (Å²) in [6.45, 7) is 0. The van der Waals surface area contributed by atoms with Crippen LogP contribution in [0.1, 0.15) is 24.8 Å². The first-order valence-electron chi connectivity index (χ1n) is 6.84. The normalized spacial score (nSPS) is 16.2. The quantitative estimate of drug-likeness (QED) is 0.900. The maximum atomic E-state index is 14.0. The lowest BCUT2D eigenvalue weighted by molar-refractivity contribution is -0.124. The summed E-state index contributed by atoms with van der Waals surface area (Å²) in [7, 11) is 0. The Bertz CT molecular complexity index is 620. The summed E-state index contributed by atoms with van der Waals surface area (Å²) in [6.07, 6.45) is 2.36. The van der Waals surface area contributed by atoms with Gasteiger partial charge in [-0.1, -0.05) is 42.8 Å². The van der Waals surface area contributed by atoms with Gasteiger partial charge in [0, 0.05) is 11.3 Å². The van der Waals surface area contributed by atoms with E-state index in [-0.39, 0.29) is 11.7 Å². The summed E-state index contributed by atoms with van der Waals surface area (Å²) in [5, 5.41) is 2.90. The molecule has 102 valence electrons. The number of hydrogen-bond acceptors (Lipinski definition) is 1. The molecule has 1 aliphatic carbocycles. The minimum absolute atomic E-state index is 0.111. The summed E-state index contributed by atoms with van der Waals surface area (Å²) in [5.74, 6) is -0.407. The maximum Gasteiger partial charge on any atom is 0.235 e. The molecule has 1 fully saturated rings. The summed E-state index contributed by atoms with van der Waals surface area (Å²) in [5.41, 5.74) is 0.557. The van der Waals surface area contributed by atoms with E-state index < -0.39 is 5.41 Å². The van der Waals surface area contributed by atoms with Gasteiger partial charge in [-0.25, -0.2) is 4.39 Å². The largest absolute Gasteiger partial charge is 0.325 e. The first-order valence-corrected chi connectivity index (χ1v) is 6.84. The first-order chi connectivity index (χ1) is 9.72. The van der Waals surface area contributed by atoms with Crippen molar-refractivity contribution in [3.05, 3.63) is 66.0 Å². The van der Waals surface area contributed by atoms with Gasteiger partial charge >= 0.3 is 0 Å². The van der Waals surface area contributed by atoms with Gasteiger partial charge in [0.15, 0.2) is 0 Å². The lowest BCUT2D eigenvalue weighted by Crippen LogP contribution is -2.46. The molecule has 2 aromatic rings. The van der Waals surface area contributed by atoms with Gasteiger partial charge in [0.25, 0.3) is 0 Å². The zero-order valence-corrected chi connectivity index (χ0v) is 11.1. The lowest BCUT2D eigenvalue weighted by Gasteiger charge is -2.40. The number of amides is 1. The Morgan fingerprint density at radius 1 is 1.00 bits per heavy atom. The molecule has 2 aromatic carbocycles. The molecule has 0 spiro atoms. The molecule has 1 aliphatic rings. The van der Waals surface area contributed by atoms with Gasteiger partial charge in [-0.05, 0) is 31.0 Å². The Morgan fingerprint density at radius 2 is 1.65 bits per heavy atom. The highest BCUT2D eigenvalue weighted by Crippen LogP contribution is 2.45. The predicted molar refractivity (Wildman–Crippen MR) is 77.0 cm³/mol. The number of benzene rings is 2. The van der Waals surface area contributed by atoms with E-state index >= 15 is 0 Å². The van der Waals surface area contributed by atoms with Crippen LogP contribution in [0.3, 0.4) is 0 Å². The third kappa shape index (κ3) is 2.09. The molecule has 20 heavy (non-hydrogen) atoms. The van der Waals surface area contributed by atoms with E-state index in [0.29, 0.717) is 18.4 Å². The van der Waals surface area contributed by atoms with Crippen molar-refractivity contribution in [2.75, 3.05) is 5.32 Å². The van der Waals surface area contributed by atoms with Gasteiger partial charge < -0.3 is 5.32 Å². The number of anilines is 1. The number of nitrogens with one attached hydrogen (secondary N) is 1. The highest BCUT2D eigenvalue weighted by molar-refractivity contribution is 5.99. The summed E-state index contributed by atoms with van der Waals surface area (Å²) in [4.78, 5) is 12.6. The van der Waals surface area contributed by atoms with Crippen LogP contribution in [0.25, 0.3) is 0 Å². The van der Waals surface area contributed by atoms with Crippen LogP contribution in [0.2, 0.25) is 0 Å². The van der Waals surface area contributed by atoms with Gasteiger partial charge in [-0.2, -0.15) is 0 Å². The van der Waals surface area contributed by atoms with Gasteiger partial charge in [-0.15, -0.1) is 0 Å². The van der Waals surface area contributed by atoms with Crippen molar-refractivity contribution in [2.45, 2.75) is 24.7 Å². The van der Waals surface area contributed by atoms with Crippen LogP contribution in [-0.2, 0) is 10.2 Å². The fourth-order valence-corrected chi connectivity index (χ4v) is 2.77. The maximum absolute atomic E-state index is 14.0. The minimum Gasteiger partial charge on any atom is -0.325 e. The number of carbonyl (C=O) groups excluding carboxylic acids is 1. The highest BCUT2D eigenvalue weighted by atomic mass is 19.1. The number of hydrogen-bond donors (Lipinski definition) is 1. The molecule has 0 heterocycles. The van der Waals surface area contributed by atoms with Crippen molar-refractivity contribution in [3.63, 3.8) is 0 Å². The van der Waals surface area contributed by atoms with E-state index in [1.165, 1.54) is 6.07 Å². The predicted octanol–water partition coefficient (Wildman–Crippen LogP) is 3.89. The average molecular weight is 269 g/mol. The molecular formula is C17H16FNO. The van der Waals surface area contributed by atoms with Gasteiger partial charge in [-0.3, -0.25) is 4.79 Å².